The number of hydrogen-bond acceptors (Lipinski definition) is 4. The van der Waals surface area contributed by atoms with E-state index in [-0.39, 0.29) is 11.8 Å². The van der Waals surface area contributed by atoms with Crippen LogP contribution in [0.5, 0.6) is 0 Å². The van der Waals surface area contributed by atoms with Gasteiger partial charge in [0, 0.05) is 34.7 Å². The molecule has 0 aromatic heterocycles. The Kier molecular flexibility index (Phi) is 9.44. The predicted molar refractivity (Wildman–Crippen MR) is 145 cm³/mol. The van der Waals surface area contributed by atoms with E-state index in [1.807, 2.05) is 80.6 Å². The Labute approximate surface area is 208 Å². The van der Waals surface area contributed by atoms with E-state index in [1.54, 1.807) is 0 Å². The lowest BCUT2D eigenvalue weighted by Gasteiger charge is -2.17. The molecule has 3 rings (SSSR count). The SMILES string of the molecule is CCN(CC)CCCNC(=O)c1ccc(Nc2ccc(NC(=O)c3ccc(C)cc3)cc2)c(C)c1. The average molecular weight is 473 g/mol. The van der Waals surface area contributed by atoms with Crippen LogP contribution in [0.25, 0.3) is 0 Å². The number of hydrogen-bond donors (Lipinski definition) is 3. The Morgan fingerprint density at radius 3 is 2.03 bits per heavy atom. The molecule has 0 saturated heterocycles. The summed E-state index contributed by atoms with van der Waals surface area (Å²) in [5.41, 5.74) is 5.94. The first-order chi connectivity index (χ1) is 16.9. The summed E-state index contributed by atoms with van der Waals surface area (Å²) in [5, 5.41) is 9.32. The van der Waals surface area contributed by atoms with Gasteiger partial charge in [-0.3, -0.25) is 9.59 Å². The minimum atomic E-state index is -0.136. The van der Waals surface area contributed by atoms with Crippen LogP contribution in [0.15, 0.2) is 66.7 Å². The van der Waals surface area contributed by atoms with Crippen molar-refractivity contribution in [2.45, 2.75) is 34.1 Å². The Balaban J connectivity index is 1.53. The molecule has 3 aromatic carbocycles. The van der Waals surface area contributed by atoms with Crippen LogP contribution in [0, 0.1) is 13.8 Å². The molecule has 0 aliphatic carbocycles. The molecule has 3 N–H and O–H groups in total. The van der Waals surface area contributed by atoms with Gasteiger partial charge in [0.15, 0.2) is 0 Å². The molecule has 0 aliphatic heterocycles. The largest absolute Gasteiger partial charge is 0.355 e. The number of benzene rings is 3. The van der Waals surface area contributed by atoms with E-state index in [4.69, 9.17) is 0 Å². The summed E-state index contributed by atoms with van der Waals surface area (Å²) in [6.07, 6.45) is 0.938. The zero-order valence-electron chi connectivity index (χ0n) is 21.2. The molecule has 0 aliphatic rings. The molecule has 184 valence electrons. The van der Waals surface area contributed by atoms with Crippen molar-refractivity contribution >= 4 is 28.9 Å². The van der Waals surface area contributed by atoms with Crippen molar-refractivity contribution in [1.82, 2.24) is 10.2 Å². The number of nitrogens with zero attached hydrogens (tertiary/aromatic N) is 1. The zero-order chi connectivity index (χ0) is 25.2. The molecular formula is C29H36N4O2. The number of carbonyl (C=O) groups is 2. The van der Waals surface area contributed by atoms with Gasteiger partial charge in [0.25, 0.3) is 11.8 Å². The van der Waals surface area contributed by atoms with Crippen LogP contribution < -0.4 is 16.0 Å². The zero-order valence-corrected chi connectivity index (χ0v) is 21.2. The van der Waals surface area contributed by atoms with Crippen molar-refractivity contribution in [2.75, 3.05) is 36.8 Å². The minimum absolute atomic E-state index is 0.0483. The number of nitrogens with one attached hydrogen (secondary N) is 3. The third-order valence-electron chi connectivity index (χ3n) is 6.06. The normalized spacial score (nSPS) is 10.8. The fourth-order valence-corrected chi connectivity index (χ4v) is 3.79. The van der Waals surface area contributed by atoms with Crippen LogP contribution in [0.1, 0.15) is 52.1 Å². The highest BCUT2D eigenvalue weighted by Crippen LogP contribution is 2.23. The fraction of sp³-hybridized carbons (Fsp3) is 0.310. The molecule has 0 saturated carbocycles. The standard InChI is InChI=1S/C29H36N4O2/c1-5-33(6-2)19-7-18-30-28(34)24-12-17-27(22(4)20-24)31-25-13-15-26(16-14-25)32-29(35)23-10-8-21(3)9-11-23/h8-17,20,31H,5-7,18-19H2,1-4H3,(H,30,34)(H,32,35). The Morgan fingerprint density at radius 2 is 1.40 bits per heavy atom. The molecule has 0 heterocycles. The van der Waals surface area contributed by atoms with Gasteiger partial charge in [-0.2, -0.15) is 0 Å². The molecule has 0 fully saturated rings. The van der Waals surface area contributed by atoms with Gasteiger partial charge < -0.3 is 20.9 Å². The van der Waals surface area contributed by atoms with Gasteiger partial charge in [-0.25, -0.2) is 0 Å². The molecule has 0 spiro atoms. The minimum Gasteiger partial charge on any atom is -0.355 e. The van der Waals surface area contributed by atoms with Crippen LogP contribution >= 0.6 is 0 Å². The molecule has 6 nitrogen and oxygen atoms in total. The summed E-state index contributed by atoms with van der Waals surface area (Å²) < 4.78 is 0. The Hall–Kier alpha value is -3.64. The molecule has 0 atom stereocenters. The smallest absolute Gasteiger partial charge is 0.255 e. The fourth-order valence-electron chi connectivity index (χ4n) is 3.79. The molecule has 0 unspecified atom stereocenters. The maximum Gasteiger partial charge on any atom is 0.255 e. The Morgan fingerprint density at radius 1 is 0.771 bits per heavy atom. The summed E-state index contributed by atoms with van der Waals surface area (Å²) in [5.74, 6) is -0.184. The van der Waals surface area contributed by atoms with Crippen LogP contribution in [0.2, 0.25) is 0 Å². The third kappa shape index (κ3) is 7.69. The first kappa shape index (κ1) is 26.0. The van der Waals surface area contributed by atoms with Crippen molar-refractivity contribution in [2.24, 2.45) is 0 Å². The lowest BCUT2D eigenvalue weighted by atomic mass is 10.1. The average Bonchev–Trinajstić information content (AvgIpc) is 2.86. The first-order valence-electron chi connectivity index (χ1n) is 12.3. The monoisotopic (exact) mass is 472 g/mol. The number of rotatable bonds is 11. The van der Waals surface area contributed by atoms with E-state index in [2.05, 4.69) is 34.7 Å². The van der Waals surface area contributed by atoms with Gasteiger partial charge in [-0.1, -0.05) is 31.5 Å². The summed E-state index contributed by atoms with van der Waals surface area (Å²) in [4.78, 5) is 27.3. The summed E-state index contributed by atoms with van der Waals surface area (Å²) in [7, 11) is 0. The number of carbonyl (C=O) groups excluding carboxylic acids is 2. The topological polar surface area (TPSA) is 73.5 Å². The van der Waals surface area contributed by atoms with Crippen LogP contribution in [-0.4, -0.2) is 42.9 Å². The number of aryl methyl sites for hydroxylation is 2. The van der Waals surface area contributed by atoms with Crippen LogP contribution in [0.4, 0.5) is 17.1 Å². The van der Waals surface area contributed by atoms with Crippen molar-refractivity contribution in [3.8, 4) is 0 Å². The van der Waals surface area contributed by atoms with E-state index >= 15 is 0 Å². The van der Waals surface area contributed by atoms with Gasteiger partial charge in [0.2, 0.25) is 0 Å². The van der Waals surface area contributed by atoms with Crippen LogP contribution in [0.3, 0.4) is 0 Å². The molecule has 35 heavy (non-hydrogen) atoms. The van der Waals surface area contributed by atoms with E-state index in [1.165, 1.54) is 0 Å². The molecule has 0 bridgehead atoms. The second-order valence-electron chi connectivity index (χ2n) is 8.69. The van der Waals surface area contributed by atoms with E-state index in [0.29, 0.717) is 17.7 Å². The highest BCUT2D eigenvalue weighted by molar-refractivity contribution is 6.04. The molecule has 2 amide bonds. The van der Waals surface area contributed by atoms with Crippen molar-refractivity contribution < 1.29 is 9.59 Å². The molecular weight excluding hydrogens is 436 g/mol. The third-order valence-corrected chi connectivity index (χ3v) is 6.06. The number of amides is 2. The Bertz CT molecular complexity index is 1120. The quantitative estimate of drug-likeness (QED) is 0.310. The van der Waals surface area contributed by atoms with E-state index < -0.39 is 0 Å². The summed E-state index contributed by atoms with van der Waals surface area (Å²) >= 11 is 0. The first-order valence-corrected chi connectivity index (χ1v) is 12.3. The van der Waals surface area contributed by atoms with E-state index in [9.17, 15) is 9.59 Å². The highest BCUT2D eigenvalue weighted by Gasteiger charge is 2.09. The van der Waals surface area contributed by atoms with Gasteiger partial charge in [0.1, 0.15) is 0 Å². The van der Waals surface area contributed by atoms with Gasteiger partial charge in [-0.15, -0.1) is 0 Å². The van der Waals surface area contributed by atoms with Crippen molar-refractivity contribution in [1.29, 1.82) is 0 Å². The summed E-state index contributed by atoms with van der Waals surface area (Å²) in [6, 6.07) is 20.7. The maximum absolute atomic E-state index is 12.5. The van der Waals surface area contributed by atoms with Crippen LogP contribution in [-0.2, 0) is 0 Å². The van der Waals surface area contributed by atoms with Gasteiger partial charge in [-0.05, 0) is 100 Å². The highest BCUT2D eigenvalue weighted by atomic mass is 16.2. The van der Waals surface area contributed by atoms with Gasteiger partial charge in [0.05, 0.1) is 0 Å². The molecule has 3 aromatic rings. The predicted octanol–water partition coefficient (Wildman–Crippen LogP) is 5.76. The number of anilines is 3. The molecule has 6 heteroatoms. The second kappa shape index (κ2) is 12.7. The summed E-state index contributed by atoms with van der Waals surface area (Å²) in [6.45, 7) is 12.0. The van der Waals surface area contributed by atoms with E-state index in [0.717, 1.165) is 54.2 Å². The lowest BCUT2D eigenvalue weighted by molar-refractivity contribution is 0.0951. The lowest BCUT2D eigenvalue weighted by Crippen LogP contribution is -2.29. The molecule has 0 radical (unpaired) electrons. The van der Waals surface area contributed by atoms with Crippen molar-refractivity contribution in [3.63, 3.8) is 0 Å². The maximum atomic E-state index is 12.5. The second-order valence-corrected chi connectivity index (χ2v) is 8.69. The van der Waals surface area contributed by atoms with Crippen molar-refractivity contribution in [3.05, 3.63) is 89.0 Å². The van der Waals surface area contributed by atoms with Gasteiger partial charge >= 0.3 is 0 Å².